The summed E-state index contributed by atoms with van der Waals surface area (Å²) in [5.74, 6) is 0.523. The number of nitrogens with two attached hydrogens (primary N) is 1. The second-order valence-electron chi connectivity index (χ2n) is 4.23. The summed E-state index contributed by atoms with van der Waals surface area (Å²) < 4.78 is 13.0. The zero-order valence-corrected chi connectivity index (χ0v) is 12.1. The van der Waals surface area contributed by atoms with Crippen molar-refractivity contribution in [2.45, 2.75) is 18.7 Å². The summed E-state index contributed by atoms with van der Waals surface area (Å²) >= 11 is 6.13. The predicted molar refractivity (Wildman–Crippen MR) is 76.2 cm³/mol. The summed E-state index contributed by atoms with van der Waals surface area (Å²) in [7, 11) is -0.943. The fourth-order valence-corrected chi connectivity index (χ4v) is 2.14. The zero-order valence-electron chi connectivity index (χ0n) is 10.6. The number of tetrazole rings is 1. The highest BCUT2D eigenvalue weighted by Crippen LogP contribution is 2.27. The lowest BCUT2D eigenvalue weighted by Gasteiger charge is -2.10. The van der Waals surface area contributed by atoms with Gasteiger partial charge < -0.3 is 5.73 Å². The zero-order chi connectivity index (χ0) is 14.0. The molecule has 0 aliphatic rings. The predicted octanol–water partition coefficient (Wildman–Crippen LogP) is 1.34. The number of benzene rings is 1. The maximum atomic E-state index is 11.4. The van der Waals surface area contributed by atoms with Crippen molar-refractivity contribution in [1.29, 1.82) is 0 Å². The van der Waals surface area contributed by atoms with Crippen molar-refractivity contribution in [3.8, 4) is 11.4 Å². The molecule has 2 N–H and O–H groups in total. The maximum Gasteiger partial charge on any atom is 0.183 e. The highest BCUT2D eigenvalue weighted by molar-refractivity contribution is 7.84. The van der Waals surface area contributed by atoms with Crippen LogP contribution in [0.15, 0.2) is 18.2 Å². The van der Waals surface area contributed by atoms with Gasteiger partial charge in [-0.25, -0.2) is 4.68 Å². The van der Waals surface area contributed by atoms with Gasteiger partial charge in [-0.2, -0.15) is 0 Å². The maximum absolute atomic E-state index is 11.4. The van der Waals surface area contributed by atoms with E-state index in [1.165, 1.54) is 0 Å². The van der Waals surface area contributed by atoms with Crippen LogP contribution in [-0.2, 0) is 17.3 Å². The van der Waals surface area contributed by atoms with Crippen LogP contribution in [0, 0.1) is 0 Å². The molecule has 0 radical (unpaired) electrons. The van der Waals surface area contributed by atoms with Crippen molar-refractivity contribution in [3.63, 3.8) is 0 Å². The Balaban J connectivity index is 2.39. The normalized spacial score (nSPS) is 14.3. The Morgan fingerprint density at radius 2 is 2.26 bits per heavy atom. The summed E-state index contributed by atoms with van der Waals surface area (Å²) in [6.45, 7) is 2.33. The molecule has 2 rings (SSSR count). The van der Waals surface area contributed by atoms with Crippen LogP contribution in [0.4, 0.5) is 5.69 Å². The van der Waals surface area contributed by atoms with Gasteiger partial charge in [-0.05, 0) is 35.5 Å². The average Bonchev–Trinajstić information content (AvgIpc) is 2.80. The first-order valence-electron chi connectivity index (χ1n) is 5.63. The number of nitrogens with zero attached hydrogens (tertiary/aromatic N) is 4. The van der Waals surface area contributed by atoms with E-state index in [4.69, 9.17) is 17.3 Å². The minimum atomic E-state index is -0.943. The molecule has 0 spiro atoms. The molecule has 1 aromatic carbocycles. The van der Waals surface area contributed by atoms with E-state index >= 15 is 0 Å². The Labute approximate surface area is 118 Å². The molecule has 0 amide bonds. The molecule has 102 valence electrons. The average molecular weight is 300 g/mol. The topological polar surface area (TPSA) is 86.7 Å². The molecule has 0 saturated heterocycles. The van der Waals surface area contributed by atoms with E-state index in [2.05, 4.69) is 15.5 Å². The number of halogens is 1. The van der Waals surface area contributed by atoms with E-state index in [1.807, 2.05) is 6.92 Å². The smallest absolute Gasteiger partial charge is 0.183 e. The van der Waals surface area contributed by atoms with Crippen LogP contribution in [0.3, 0.4) is 0 Å². The van der Waals surface area contributed by atoms with Crippen molar-refractivity contribution in [2.75, 3.05) is 12.0 Å². The van der Waals surface area contributed by atoms with Gasteiger partial charge in [0.1, 0.15) is 0 Å². The van der Waals surface area contributed by atoms with Gasteiger partial charge in [-0.15, -0.1) is 5.10 Å². The van der Waals surface area contributed by atoms with Gasteiger partial charge in [0.2, 0.25) is 0 Å². The van der Waals surface area contributed by atoms with Crippen LogP contribution in [0.1, 0.15) is 6.92 Å². The van der Waals surface area contributed by atoms with Crippen molar-refractivity contribution >= 4 is 28.1 Å². The lowest BCUT2D eigenvalue weighted by Crippen LogP contribution is -2.19. The fourth-order valence-electron chi connectivity index (χ4n) is 1.58. The van der Waals surface area contributed by atoms with Crippen LogP contribution in [0.2, 0.25) is 5.02 Å². The van der Waals surface area contributed by atoms with Crippen LogP contribution < -0.4 is 5.73 Å². The summed E-state index contributed by atoms with van der Waals surface area (Å²) in [6.07, 6.45) is 1.65. The number of hydrogen-bond donors (Lipinski definition) is 1. The summed E-state index contributed by atoms with van der Waals surface area (Å²) in [5.41, 5.74) is 7.00. The van der Waals surface area contributed by atoms with E-state index in [0.29, 0.717) is 28.6 Å². The second-order valence-corrected chi connectivity index (χ2v) is 6.44. The Hall–Kier alpha value is -1.47. The summed E-state index contributed by atoms with van der Waals surface area (Å²) in [6, 6.07) is 5.13. The minimum Gasteiger partial charge on any atom is -0.399 e. The minimum absolute atomic E-state index is 0.0536. The quantitative estimate of drug-likeness (QED) is 0.861. The van der Waals surface area contributed by atoms with Crippen molar-refractivity contribution < 1.29 is 4.21 Å². The Bertz CT molecular complexity index is 615. The van der Waals surface area contributed by atoms with Gasteiger partial charge in [0, 0.05) is 28.3 Å². The third-order valence-electron chi connectivity index (χ3n) is 2.76. The van der Waals surface area contributed by atoms with Gasteiger partial charge >= 0.3 is 0 Å². The fraction of sp³-hybridized carbons (Fsp3) is 0.364. The van der Waals surface area contributed by atoms with E-state index in [-0.39, 0.29) is 5.25 Å². The highest BCUT2D eigenvalue weighted by Gasteiger charge is 2.16. The van der Waals surface area contributed by atoms with Gasteiger partial charge in [0.25, 0.3) is 0 Å². The molecular formula is C11H14ClN5OS. The van der Waals surface area contributed by atoms with Gasteiger partial charge in [0.15, 0.2) is 5.82 Å². The van der Waals surface area contributed by atoms with Crippen LogP contribution in [0.5, 0.6) is 0 Å². The van der Waals surface area contributed by atoms with Gasteiger partial charge in [-0.3, -0.25) is 4.21 Å². The van der Waals surface area contributed by atoms with E-state index in [0.717, 1.165) is 0 Å². The summed E-state index contributed by atoms with van der Waals surface area (Å²) in [4.78, 5) is 0. The van der Waals surface area contributed by atoms with Crippen LogP contribution >= 0.6 is 11.6 Å². The molecule has 2 unspecified atom stereocenters. The summed E-state index contributed by atoms with van der Waals surface area (Å²) in [5, 5.41) is 12.0. The van der Waals surface area contributed by atoms with E-state index in [1.54, 1.807) is 29.1 Å². The third-order valence-corrected chi connectivity index (χ3v) is 4.37. The highest BCUT2D eigenvalue weighted by atomic mass is 35.5. The largest absolute Gasteiger partial charge is 0.399 e. The second kappa shape index (κ2) is 5.66. The monoisotopic (exact) mass is 299 g/mol. The molecule has 1 heterocycles. The number of rotatable bonds is 4. The molecule has 0 aliphatic heterocycles. The SMILES string of the molecule is CC(Cn1nnnc1-c1cc(N)ccc1Cl)S(C)=O. The molecule has 2 aromatic rings. The van der Waals surface area contributed by atoms with E-state index < -0.39 is 10.8 Å². The number of hydrogen-bond acceptors (Lipinski definition) is 5. The molecule has 8 heteroatoms. The Morgan fingerprint density at radius 3 is 2.95 bits per heavy atom. The standard InChI is InChI=1S/C11H14ClN5OS/c1-7(19(2)18)6-17-11(14-15-16-17)9-5-8(13)3-4-10(9)12/h3-5,7H,6,13H2,1-2H3. The molecule has 1 aromatic heterocycles. The van der Waals surface area contributed by atoms with Gasteiger partial charge in [-0.1, -0.05) is 11.6 Å². The number of nitrogen functional groups attached to an aromatic ring is 1. The van der Waals surface area contributed by atoms with E-state index in [9.17, 15) is 4.21 Å². The first-order valence-corrected chi connectivity index (χ1v) is 7.62. The molecule has 0 saturated carbocycles. The lowest BCUT2D eigenvalue weighted by atomic mass is 10.2. The number of anilines is 1. The first-order chi connectivity index (χ1) is 8.99. The molecule has 0 fully saturated rings. The lowest BCUT2D eigenvalue weighted by molar-refractivity contribution is 0.579. The van der Waals surface area contributed by atoms with Crippen LogP contribution in [0.25, 0.3) is 11.4 Å². The molecule has 2 atom stereocenters. The number of aromatic nitrogens is 4. The molecular weight excluding hydrogens is 286 g/mol. The molecule has 0 bridgehead atoms. The first kappa shape index (κ1) is 14.0. The van der Waals surface area contributed by atoms with Crippen LogP contribution in [-0.4, -0.2) is 35.9 Å². The van der Waals surface area contributed by atoms with Crippen molar-refractivity contribution in [3.05, 3.63) is 23.2 Å². The third kappa shape index (κ3) is 3.10. The molecule has 0 aliphatic carbocycles. The van der Waals surface area contributed by atoms with Crippen molar-refractivity contribution in [2.24, 2.45) is 0 Å². The molecule has 19 heavy (non-hydrogen) atoms. The Morgan fingerprint density at radius 1 is 1.53 bits per heavy atom. The van der Waals surface area contributed by atoms with Crippen molar-refractivity contribution in [1.82, 2.24) is 20.2 Å². The van der Waals surface area contributed by atoms with Gasteiger partial charge in [0.05, 0.1) is 16.8 Å². The molecule has 6 nitrogen and oxygen atoms in total. The Kier molecular flexibility index (Phi) is 4.16.